The van der Waals surface area contributed by atoms with E-state index >= 15 is 0 Å². The number of halogens is 1. The highest BCUT2D eigenvalue weighted by Gasteiger charge is 2.10. The van der Waals surface area contributed by atoms with E-state index in [-0.39, 0.29) is 0 Å². The topological polar surface area (TPSA) is 48.1 Å². The normalized spacial score (nSPS) is 12.9. The van der Waals surface area contributed by atoms with E-state index in [0.29, 0.717) is 12.2 Å². The lowest BCUT2D eigenvalue weighted by molar-refractivity contribution is 0.179. The number of methoxy groups -OCH3 is 1. The van der Waals surface area contributed by atoms with Gasteiger partial charge in [0.2, 0.25) is 5.95 Å². The molecule has 1 aromatic heterocycles. The SMILES string of the molecule is COC[C@H](N)c1cccnc1F. The van der Waals surface area contributed by atoms with Crippen molar-refractivity contribution in [2.45, 2.75) is 6.04 Å². The van der Waals surface area contributed by atoms with Crippen LogP contribution in [-0.4, -0.2) is 18.7 Å². The van der Waals surface area contributed by atoms with Gasteiger partial charge >= 0.3 is 0 Å². The highest BCUT2D eigenvalue weighted by Crippen LogP contribution is 2.11. The summed E-state index contributed by atoms with van der Waals surface area (Å²) in [4.78, 5) is 3.48. The maximum absolute atomic E-state index is 12.9. The lowest BCUT2D eigenvalue weighted by atomic mass is 10.1. The van der Waals surface area contributed by atoms with Crippen molar-refractivity contribution < 1.29 is 9.13 Å². The summed E-state index contributed by atoms with van der Waals surface area (Å²) in [5.41, 5.74) is 5.99. The van der Waals surface area contributed by atoms with Gasteiger partial charge in [-0.2, -0.15) is 4.39 Å². The Bertz CT molecular complexity index is 255. The van der Waals surface area contributed by atoms with Crippen molar-refractivity contribution in [2.24, 2.45) is 5.73 Å². The molecular weight excluding hydrogens is 159 g/mol. The lowest BCUT2D eigenvalue weighted by Crippen LogP contribution is -2.17. The van der Waals surface area contributed by atoms with E-state index in [1.165, 1.54) is 13.3 Å². The molecule has 0 fully saturated rings. The number of rotatable bonds is 3. The van der Waals surface area contributed by atoms with Crippen LogP contribution in [0.25, 0.3) is 0 Å². The standard InChI is InChI=1S/C8H11FN2O/c1-12-5-7(10)6-3-2-4-11-8(6)9/h2-4,7H,5,10H2,1H3/t7-/m0/s1. The van der Waals surface area contributed by atoms with Crippen molar-refractivity contribution in [3.8, 4) is 0 Å². The predicted molar refractivity (Wildman–Crippen MR) is 43.0 cm³/mol. The molecule has 66 valence electrons. The molecule has 0 radical (unpaired) electrons. The van der Waals surface area contributed by atoms with Crippen molar-refractivity contribution >= 4 is 0 Å². The average molecular weight is 170 g/mol. The number of hydrogen-bond donors (Lipinski definition) is 1. The first kappa shape index (κ1) is 9.09. The van der Waals surface area contributed by atoms with Crippen molar-refractivity contribution in [3.63, 3.8) is 0 Å². The van der Waals surface area contributed by atoms with Gasteiger partial charge in [-0.15, -0.1) is 0 Å². The summed E-state index contributed by atoms with van der Waals surface area (Å²) >= 11 is 0. The zero-order valence-electron chi connectivity index (χ0n) is 6.83. The Labute approximate surface area is 70.4 Å². The van der Waals surface area contributed by atoms with Gasteiger partial charge in [0, 0.05) is 18.9 Å². The van der Waals surface area contributed by atoms with Crippen LogP contribution in [0.4, 0.5) is 4.39 Å². The molecule has 1 heterocycles. The van der Waals surface area contributed by atoms with E-state index in [4.69, 9.17) is 10.5 Å². The first-order chi connectivity index (χ1) is 5.75. The summed E-state index contributed by atoms with van der Waals surface area (Å²) in [5, 5.41) is 0. The van der Waals surface area contributed by atoms with Gasteiger partial charge in [0.25, 0.3) is 0 Å². The Hall–Kier alpha value is -1.00. The Balaban J connectivity index is 2.79. The molecule has 1 atom stereocenters. The number of nitrogens with zero attached hydrogens (tertiary/aromatic N) is 1. The van der Waals surface area contributed by atoms with Gasteiger partial charge in [0.1, 0.15) is 0 Å². The first-order valence-electron chi connectivity index (χ1n) is 3.60. The van der Waals surface area contributed by atoms with E-state index in [0.717, 1.165) is 0 Å². The third-order valence-electron chi connectivity index (χ3n) is 1.53. The fourth-order valence-electron chi connectivity index (χ4n) is 0.944. The second-order valence-corrected chi connectivity index (χ2v) is 2.45. The number of hydrogen-bond acceptors (Lipinski definition) is 3. The summed E-state index contributed by atoms with van der Waals surface area (Å²) in [5.74, 6) is -0.526. The lowest BCUT2D eigenvalue weighted by Gasteiger charge is -2.09. The van der Waals surface area contributed by atoms with Crippen LogP contribution in [0, 0.1) is 5.95 Å². The smallest absolute Gasteiger partial charge is 0.217 e. The molecule has 1 aromatic rings. The van der Waals surface area contributed by atoms with Crippen LogP contribution in [0.1, 0.15) is 11.6 Å². The van der Waals surface area contributed by atoms with E-state index < -0.39 is 12.0 Å². The maximum Gasteiger partial charge on any atom is 0.217 e. The fourth-order valence-corrected chi connectivity index (χ4v) is 0.944. The molecule has 0 aliphatic heterocycles. The van der Waals surface area contributed by atoms with Crippen LogP contribution in [0.3, 0.4) is 0 Å². The van der Waals surface area contributed by atoms with Crippen molar-refractivity contribution in [3.05, 3.63) is 29.8 Å². The largest absolute Gasteiger partial charge is 0.383 e. The number of ether oxygens (including phenoxy) is 1. The van der Waals surface area contributed by atoms with E-state index in [9.17, 15) is 4.39 Å². The van der Waals surface area contributed by atoms with Gasteiger partial charge in [-0.25, -0.2) is 4.98 Å². The molecular formula is C8H11FN2O. The molecule has 0 saturated carbocycles. The van der Waals surface area contributed by atoms with Gasteiger partial charge in [-0.05, 0) is 6.07 Å². The summed E-state index contributed by atoms with van der Waals surface area (Å²) in [6.45, 7) is 0.294. The quantitative estimate of drug-likeness (QED) is 0.684. The molecule has 0 aliphatic rings. The summed E-state index contributed by atoms with van der Waals surface area (Å²) < 4.78 is 17.7. The molecule has 0 spiro atoms. The van der Waals surface area contributed by atoms with Gasteiger partial charge in [-0.3, -0.25) is 0 Å². The minimum absolute atomic E-state index is 0.294. The van der Waals surface area contributed by atoms with Crippen LogP contribution >= 0.6 is 0 Å². The van der Waals surface area contributed by atoms with Gasteiger partial charge < -0.3 is 10.5 Å². The van der Waals surface area contributed by atoms with E-state index in [1.807, 2.05) is 0 Å². The molecule has 0 unspecified atom stereocenters. The van der Waals surface area contributed by atoms with Crippen LogP contribution < -0.4 is 5.73 Å². The third-order valence-corrected chi connectivity index (χ3v) is 1.53. The molecule has 4 heteroatoms. The van der Waals surface area contributed by atoms with Crippen LogP contribution in [0.5, 0.6) is 0 Å². The molecule has 0 aliphatic carbocycles. The molecule has 3 nitrogen and oxygen atoms in total. The minimum atomic E-state index is -0.526. The second kappa shape index (κ2) is 4.13. The Morgan fingerprint density at radius 3 is 3.08 bits per heavy atom. The van der Waals surface area contributed by atoms with Gasteiger partial charge in [0.15, 0.2) is 0 Å². The molecule has 0 amide bonds. The minimum Gasteiger partial charge on any atom is -0.383 e. The highest BCUT2D eigenvalue weighted by atomic mass is 19.1. The first-order valence-corrected chi connectivity index (χ1v) is 3.60. The van der Waals surface area contributed by atoms with E-state index in [1.54, 1.807) is 12.1 Å². The molecule has 2 N–H and O–H groups in total. The monoisotopic (exact) mass is 170 g/mol. The predicted octanol–water partition coefficient (Wildman–Crippen LogP) is 0.867. The Kier molecular flexibility index (Phi) is 3.13. The fraction of sp³-hybridized carbons (Fsp3) is 0.375. The maximum atomic E-state index is 12.9. The second-order valence-electron chi connectivity index (χ2n) is 2.45. The van der Waals surface area contributed by atoms with Crippen molar-refractivity contribution in [2.75, 3.05) is 13.7 Å². The molecule has 12 heavy (non-hydrogen) atoms. The number of pyridine rings is 1. The van der Waals surface area contributed by atoms with Crippen molar-refractivity contribution in [1.29, 1.82) is 0 Å². The molecule has 0 aromatic carbocycles. The van der Waals surface area contributed by atoms with Gasteiger partial charge in [0.05, 0.1) is 12.6 Å². The third kappa shape index (κ3) is 1.99. The summed E-state index contributed by atoms with van der Waals surface area (Å²) in [6, 6.07) is 2.81. The van der Waals surface area contributed by atoms with Crippen molar-refractivity contribution in [1.82, 2.24) is 4.98 Å². The summed E-state index contributed by atoms with van der Waals surface area (Å²) in [6.07, 6.45) is 1.39. The molecule has 0 bridgehead atoms. The molecule has 0 saturated heterocycles. The van der Waals surface area contributed by atoms with Crippen LogP contribution in [0.2, 0.25) is 0 Å². The zero-order chi connectivity index (χ0) is 8.97. The van der Waals surface area contributed by atoms with Crippen LogP contribution in [0.15, 0.2) is 18.3 Å². The van der Waals surface area contributed by atoms with Gasteiger partial charge in [-0.1, -0.05) is 6.07 Å². The summed E-state index contributed by atoms with van der Waals surface area (Å²) in [7, 11) is 1.52. The zero-order valence-corrected chi connectivity index (χ0v) is 6.83. The molecule has 1 rings (SSSR count). The average Bonchev–Trinajstić information content (AvgIpc) is 2.05. The Morgan fingerprint density at radius 2 is 2.50 bits per heavy atom. The highest BCUT2D eigenvalue weighted by molar-refractivity contribution is 5.15. The van der Waals surface area contributed by atoms with E-state index in [2.05, 4.69) is 4.98 Å². The number of nitrogens with two attached hydrogens (primary N) is 1. The Morgan fingerprint density at radius 1 is 1.75 bits per heavy atom. The number of aromatic nitrogens is 1. The van der Waals surface area contributed by atoms with Crippen LogP contribution in [-0.2, 0) is 4.74 Å².